The first kappa shape index (κ1) is 16.2. The van der Waals surface area contributed by atoms with Crippen LogP contribution >= 0.6 is 11.6 Å². The van der Waals surface area contributed by atoms with Gasteiger partial charge in [-0.15, -0.1) is 11.6 Å². The van der Waals surface area contributed by atoms with Crippen LogP contribution in [0.3, 0.4) is 0 Å². The minimum Gasteiger partial charge on any atom is -0.325 e. The van der Waals surface area contributed by atoms with Gasteiger partial charge in [-0.05, 0) is 12.0 Å². The quantitative estimate of drug-likeness (QED) is 0.841. The van der Waals surface area contributed by atoms with Crippen LogP contribution in [0.5, 0.6) is 0 Å². The predicted molar refractivity (Wildman–Crippen MR) is 85.6 cm³/mol. The van der Waals surface area contributed by atoms with Gasteiger partial charge in [0.05, 0.1) is 5.69 Å². The Balaban J connectivity index is 2.84. The SMILES string of the molecule is CCc1cnc2c(c1NC(=O)CCCl)c(=O)n(C)c(=O)n2C. The summed E-state index contributed by atoms with van der Waals surface area (Å²) in [5.41, 5.74) is 0.422. The van der Waals surface area contributed by atoms with Crippen molar-refractivity contribution in [3.05, 3.63) is 32.6 Å². The Bertz CT molecular complexity index is 854. The first-order chi connectivity index (χ1) is 10.4. The number of carbonyl (C=O) groups is 1. The van der Waals surface area contributed by atoms with Gasteiger partial charge < -0.3 is 5.32 Å². The fourth-order valence-corrected chi connectivity index (χ4v) is 2.44. The second-order valence-corrected chi connectivity index (χ2v) is 5.28. The lowest BCUT2D eigenvalue weighted by molar-refractivity contribution is -0.115. The largest absolute Gasteiger partial charge is 0.332 e. The summed E-state index contributed by atoms with van der Waals surface area (Å²) >= 11 is 5.57. The van der Waals surface area contributed by atoms with E-state index in [1.54, 1.807) is 6.20 Å². The highest BCUT2D eigenvalue weighted by Crippen LogP contribution is 2.23. The Hall–Kier alpha value is -2.15. The monoisotopic (exact) mass is 324 g/mol. The number of hydrogen-bond donors (Lipinski definition) is 1. The predicted octanol–water partition coefficient (Wildman–Crippen LogP) is 0.762. The molecule has 0 atom stereocenters. The molecule has 0 radical (unpaired) electrons. The molecule has 2 heterocycles. The van der Waals surface area contributed by atoms with Crippen LogP contribution in [0.25, 0.3) is 11.0 Å². The number of rotatable bonds is 4. The van der Waals surface area contributed by atoms with E-state index in [1.165, 1.54) is 18.7 Å². The summed E-state index contributed by atoms with van der Waals surface area (Å²) in [6, 6.07) is 0. The van der Waals surface area contributed by atoms with Crippen molar-refractivity contribution in [1.29, 1.82) is 0 Å². The number of hydrogen-bond acceptors (Lipinski definition) is 4. The standard InChI is InChI=1S/C14H17ClN4O3/c1-4-8-7-16-12-10(11(8)17-9(20)5-6-15)13(21)19(3)14(22)18(12)2/h7H,4-6H2,1-3H3,(H,16,17,20). The summed E-state index contributed by atoms with van der Waals surface area (Å²) in [6.45, 7) is 1.90. The molecule has 0 aromatic carbocycles. The lowest BCUT2D eigenvalue weighted by atomic mass is 10.1. The molecule has 7 nitrogen and oxygen atoms in total. The molecule has 2 rings (SSSR count). The summed E-state index contributed by atoms with van der Waals surface area (Å²) in [5, 5.41) is 2.96. The van der Waals surface area contributed by atoms with Gasteiger partial charge in [0.1, 0.15) is 5.39 Å². The van der Waals surface area contributed by atoms with Crippen LogP contribution in [-0.2, 0) is 25.3 Å². The van der Waals surface area contributed by atoms with E-state index in [-0.39, 0.29) is 29.2 Å². The van der Waals surface area contributed by atoms with E-state index in [2.05, 4.69) is 10.3 Å². The fourth-order valence-electron chi connectivity index (χ4n) is 2.27. The maximum atomic E-state index is 12.5. The molecular formula is C14H17ClN4O3. The van der Waals surface area contributed by atoms with Crippen molar-refractivity contribution in [2.75, 3.05) is 11.2 Å². The molecule has 0 fully saturated rings. The second kappa shape index (κ2) is 6.31. The Morgan fingerprint density at radius 2 is 2.00 bits per heavy atom. The molecule has 118 valence electrons. The zero-order valence-corrected chi connectivity index (χ0v) is 13.4. The van der Waals surface area contributed by atoms with Crippen molar-refractivity contribution in [3.63, 3.8) is 0 Å². The number of nitrogens with one attached hydrogen (secondary N) is 1. The zero-order valence-electron chi connectivity index (χ0n) is 12.6. The molecule has 0 spiro atoms. The average Bonchev–Trinajstić information content (AvgIpc) is 2.50. The van der Waals surface area contributed by atoms with Gasteiger partial charge in [-0.1, -0.05) is 6.92 Å². The summed E-state index contributed by atoms with van der Waals surface area (Å²) in [6.07, 6.45) is 2.30. The van der Waals surface area contributed by atoms with Crippen LogP contribution in [0, 0.1) is 0 Å². The number of nitrogens with zero attached hydrogens (tertiary/aromatic N) is 3. The molecule has 8 heteroatoms. The van der Waals surface area contributed by atoms with E-state index in [1.807, 2.05) is 6.92 Å². The lowest BCUT2D eigenvalue weighted by Crippen LogP contribution is -2.38. The van der Waals surface area contributed by atoms with Crippen molar-refractivity contribution in [1.82, 2.24) is 14.1 Å². The summed E-state index contributed by atoms with van der Waals surface area (Å²) in [7, 11) is 2.93. The topological polar surface area (TPSA) is 86.0 Å². The van der Waals surface area contributed by atoms with Crippen molar-refractivity contribution in [2.45, 2.75) is 19.8 Å². The highest BCUT2D eigenvalue weighted by Gasteiger charge is 2.18. The molecule has 0 aliphatic rings. The van der Waals surface area contributed by atoms with Crippen LogP contribution in [0.2, 0.25) is 0 Å². The van der Waals surface area contributed by atoms with E-state index >= 15 is 0 Å². The molecule has 0 saturated heterocycles. The maximum absolute atomic E-state index is 12.5. The van der Waals surface area contributed by atoms with Crippen molar-refractivity contribution in [2.24, 2.45) is 14.1 Å². The van der Waals surface area contributed by atoms with Crippen LogP contribution < -0.4 is 16.6 Å². The van der Waals surface area contributed by atoms with Gasteiger partial charge in [0, 0.05) is 32.6 Å². The summed E-state index contributed by atoms with van der Waals surface area (Å²) < 4.78 is 2.29. The molecule has 0 saturated carbocycles. The lowest BCUT2D eigenvalue weighted by Gasteiger charge is -2.14. The summed E-state index contributed by atoms with van der Waals surface area (Å²) in [4.78, 5) is 40.5. The molecular weight excluding hydrogens is 308 g/mol. The molecule has 0 aliphatic heterocycles. The van der Waals surface area contributed by atoms with E-state index in [9.17, 15) is 14.4 Å². The number of carbonyl (C=O) groups excluding carboxylic acids is 1. The number of aromatic nitrogens is 3. The van der Waals surface area contributed by atoms with E-state index in [0.29, 0.717) is 12.1 Å². The minimum absolute atomic E-state index is 0.139. The Morgan fingerprint density at radius 1 is 1.32 bits per heavy atom. The highest BCUT2D eigenvalue weighted by molar-refractivity contribution is 6.19. The van der Waals surface area contributed by atoms with Gasteiger partial charge in [-0.2, -0.15) is 0 Å². The van der Waals surface area contributed by atoms with Crippen molar-refractivity contribution < 1.29 is 4.79 Å². The zero-order chi connectivity index (χ0) is 16.4. The average molecular weight is 325 g/mol. The molecule has 0 unspecified atom stereocenters. The van der Waals surface area contributed by atoms with Crippen molar-refractivity contribution >= 4 is 34.2 Å². The highest BCUT2D eigenvalue weighted by atomic mass is 35.5. The van der Waals surface area contributed by atoms with Gasteiger partial charge in [0.2, 0.25) is 5.91 Å². The second-order valence-electron chi connectivity index (χ2n) is 4.90. The third kappa shape index (κ3) is 2.64. The van der Waals surface area contributed by atoms with E-state index in [4.69, 9.17) is 11.6 Å². The third-order valence-electron chi connectivity index (χ3n) is 3.51. The normalized spacial score (nSPS) is 10.9. The van der Waals surface area contributed by atoms with Gasteiger partial charge >= 0.3 is 5.69 Å². The van der Waals surface area contributed by atoms with E-state index < -0.39 is 11.2 Å². The molecule has 1 amide bonds. The van der Waals surface area contributed by atoms with Crippen LogP contribution in [0.4, 0.5) is 5.69 Å². The number of alkyl halides is 1. The number of halogens is 1. The number of aryl methyl sites for hydroxylation is 2. The third-order valence-corrected chi connectivity index (χ3v) is 3.70. The number of fused-ring (bicyclic) bond motifs is 1. The van der Waals surface area contributed by atoms with E-state index in [0.717, 1.165) is 10.1 Å². The van der Waals surface area contributed by atoms with Crippen LogP contribution in [0.15, 0.2) is 15.8 Å². The molecule has 2 aromatic heterocycles. The van der Waals surface area contributed by atoms with Crippen molar-refractivity contribution in [3.8, 4) is 0 Å². The first-order valence-corrected chi connectivity index (χ1v) is 7.39. The van der Waals surface area contributed by atoms with Gasteiger partial charge in [0.15, 0.2) is 5.65 Å². The maximum Gasteiger partial charge on any atom is 0.332 e. The number of anilines is 1. The fraction of sp³-hybridized carbons (Fsp3) is 0.429. The smallest absolute Gasteiger partial charge is 0.325 e. The van der Waals surface area contributed by atoms with Gasteiger partial charge in [0.25, 0.3) is 5.56 Å². The number of amides is 1. The Morgan fingerprint density at radius 3 is 2.59 bits per heavy atom. The van der Waals surface area contributed by atoms with Gasteiger partial charge in [-0.3, -0.25) is 18.7 Å². The summed E-state index contributed by atoms with van der Waals surface area (Å²) in [5.74, 6) is -0.0969. The molecule has 0 aliphatic carbocycles. The van der Waals surface area contributed by atoms with Crippen LogP contribution in [0.1, 0.15) is 18.9 Å². The number of pyridine rings is 1. The minimum atomic E-state index is -0.484. The Labute approximate surface area is 131 Å². The first-order valence-electron chi connectivity index (χ1n) is 6.85. The molecule has 1 N–H and O–H groups in total. The molecule has 22 heavy (non-hydrogen) atoms. The Kier molecular flexibility index (Phi) is 4.65. The molecule has 0 bridgehead atoms. The van der Waals surface area contributed by atoms with Gasteiger partial charge in [-0.25, -0.2) is 9.78 Å². The molecule has 2 aromatic rings. The van der Waals surface area contributed by atoms with Crippen LogP contribution in [-0.4, -0.2) is 25.9 Å².